The van der Waals surface area contributed by atoms with Gasteiger partial charge in [0.1, 0.15) is 0 Å². The predicted molar refractivity (Wildman–Crippen MR) is 39.5 cm³/mol. The van der Waals surface area contributed by atoms with Crippen LogP contribution in [0.4, 0.5) is 0 Å². The van der Waals surface area contributed by atoms with E-state index in [4.69, 9.17) is 10.5 Å². The number of halogens is 1. The highest BCUT2D eigenvalue weighted by Gasteiger charge is 2.11. The lowest BCUT2D eigenvalue weighted by Gasteiger charge is -2.00. The van der Waals surface area contributed by atoms with Crippen molar-refractivity contribution in [2.45, 2.75) is 18.9 Å². The van der Waals surface area contributed by atoms with Gasteiger partial charge in [0.25, 0.3) is 0 Å². The predicted octanol–water partition coefficient (Wildman–Crippen LogP) is 1.06. The van der Waals surface area contributed by atoms with E-state index in [9.17, 15) is 0 Å². The zero-order valence-electron chi connectivity index (χ0n) is 5.46. The summed E-state index contributed by atoms with van der Waals surface area (Å²) in [5.74, 6) is 1.04. The van der Waals surface area contributed by atoms with Gasteiger partial charge in [0.15, 0.2) is 0 Å². The molecule has 3 heteroatoms. The van der Waals surface area contributed by atoms with Gasteiger partial charge in [-0.15, -0.1) is 12.4 Å². The third-order valence-electron chi connectivity index (χ3n) is 1.37. The standard InChI is InChI=1S/C6H11NO.ClH/c1-8-6-3-2-5(7)4-6;/h3,5H,2,4,7H2,1H3;1H/t5-;/m0./s1. The molecule has 0 unspecified atom stereocenters. The molecule has 0 aromatic carbocycles. The third kappa shape index (κ3) is 2.24. The molecule has 0 fully saturated rings. The van der Waals surface area contributed by atoms with Crippen LogP contribution >= 0.6 is 12.4 Å². The lowest BCUT2D eigenvalue weighted by Crippen LogP contribution is -2.14. The summed E-state index contributed by atoms with van der Waals surface area (Å²) in [6, 6.07) is 0.310. The third-order valence-corrected chi connectivity index (χ3v) is 1.37. The van der Waals surface area contributed by atoms with E-state index < -0.39 is 0 Å². The minimum Gasteiger partial charge on any atom is -0.501 e. The average molecular weight is 150 g/mol. The van der Waals surface area contributed by atoms with Crippen molar-refractivity contribution in [3.63, 3.8) is 0 Å². The highest BCUT2D eigenvalue weighted by Crippen LogP contribution is 2.16. The fourth-order valence-corrected chi connectivity index (χ4v) is 0.875. The van der Waals surface area contributed by atoms with Gasteiger partial charge in [-0.25, -0.2) is 0 Å². The van der Waals surface area contributed by atoms with Gasteiger partial charge in [-0.1, -0.05) is 0 Å². The fraction of sp³-hybridized carbons (Fsp3) is 0.667. The first-order chi connectivity index (χ1) is 3.83. The van der Waals surface area contributed by atoms with Gasteiger partial charge in [0.05, 0.1) is 12.9 Å². The Labute approximate surface area is 61.5 Å². The maximum absolute atomic E-state index is 5.57. The molecule has 0 radical (unpaired) electrons. The fourth-order valence-electron chi connectivity index (χ4n) is 0.875. The van der Waals surface area contributed by atoms with E-state index in [1.54, 1.807) is 7.11 Å². The molecule has 0 saturated heterocycles. The number of rotatable bonds is 1. The summed E-state index contributed by atoms with van der Waals surface area (Å²) in [7, 11) is 1.68. The lowest BCUT2D eigenvalue weighted by atomic mass is 10.2. The molecule has 2 nitrogen and oxygen atoms in total. The Kier molecular flexibility index (Phi) is 3.66. The van der Waals surface area contributed by atoms with E-state index in [0.29, 0.717) is 6.04 Å². The second-order valence-electron chi connectivity index (χ2n) is 2.07. The number of hydrogen-bond acceptors (Lipinski definition) is 2. The van der Waals surface area contributed by atoms with Crippen molar-refractivity contribution in [3.05, 3.63) is 11.8 Å². The zero-order chi connectivity index (χ0) is 5.98. The number of methoxy groups -OCH3 is 1. The van der Waals surface area contributed by atoms with Crippen molar-refractivity contribution in [2.24, 2.45) is 5.73 Å². The van der Waals surface area contributed by atoms with Crippen molar-refractivity contribution in [3.8, 4) is 0 Å². The molecular formula is C6H12ClNO. The Morgan fingerprint density at radius 2 is 2.44 bits per heavy atom. The van der Waals surface area contributed by atoms with Crippen LogP contribution in [-0.2, 0) is 4.74 Å². The Bertz CT molecular complexity index is 114. The number of ether oxygens (including phenoxy) is 1. The average Bonchev–Trinajstić information content (AvgIpc) is 2.14. The SMILES string of the molecule is COC1=CC[C@H](N)C1.Cl. The molecule has 2 N–H and O–H groups in total. The second-order valence-corrected chi connectivity index (χ2v) is 2.07. The summed E-state index contributed by atoms with van der Waals surface area (Å²) in [6.45, 7) is 0. The number of hydrogen-bond donors (Lipinski definition) is 1. The summed E-state index contributed by atoms with van der Waals surface area (Å²) in [5.41, 5.74) is 5.57. The molecule has 0 saturated carbocycles. The molecular weight excluding hydrogens is 138 g/mol. The van der Waals surface area contributed by atoms with E-state index in [1.807, 2.05) is 6.08 Å². The molecule has 1 rings (SSSR count). The van der Waals surface area contributed by atoms with E-state index in [2.05, 4.69) is 0 Å². The summed E-state index contributed by atoms with van der Waals surface area (Å²) >= 11 is 0. The second kappa shape index (κ2) is 3.75. The highest BCUT2D eigenvalue weighted by molar-refractivity contribution is 5.85. The van der Waals surface area contributed by atoms with Crippen LogP contribution in [0.5, 0.6) is 0 Å². The van der Waals surface area contributed by atoms with Crippen LogP contribution in [0.25, 0.3) is 0 Å². The largest absolute Gasteiger partial charge is 0.501 e. The first-order valence-corrected chi connectivity index (χ1v) is 2.81. The topological polar surface area (TPSA) is 35.2 Å². The minimum atomic E-state index is 0. The Morgan fingerprint density at radius 1 is 1.78 bits per heavy atom. The molecule has 0 spiro atoms. The molecule has 0 aromatic rings. The van der Waals surface area contributed by atoms with Gasteiger partial charge in [0.2, 0.25) is 0 Å². The summed E-state index contributed by atoms with van der Waals surface area (Å²) in [5, 5.41) is 0. The summed E-state index contributed by atoms with van der Waals surface area (Å²) < 4.78 is 4.96. The van der Waals surface area contributed by atoms with Gasteiger partial charge < -0.3 is 10.5 Å². The van der Waals surface area contributed by atoms with Crippen molar-refractivity contribution in [1.82, 2.24) is 0 Å². The smallest absolute Gasteiger partial charge is 0.0931 e. The van der Waals surface area contributed by atoms with Crippen LogP contribution in [0.2, 0.25) is 0 Å². The number of nitrogens with two attached hydrogens (primary N) is 1. The Morgan fingerprint density at radius 3 is 2.67 bits per heavy atom. The summed E-state index contributed by atoms with van der Waals surface area (Å²) in [4.78, 5) is 0. The van der Waals surface area contributed by atoms with Gasteiger partial charge in [0, 0.05) is 12.5 Å². The van der Waals surface area contributed by atoms with Crippen LogP contribution in [-0.4, -0.2) is 13.2 Å². The molecule has 1 aliphatic rings. The molecule has 1 atom stereocenters. The molecule has 9 heavy (non-hydrogen) atoms. The van der Waals surface area contributed by atoms with Gasteiger partial charge in [-0.05, 0) is 12.5 Å². The Hall–Kier alpha value is -0.210. The van der Waals surface area contributed by atoms with E-state index in [0.717, 1.165) is 18.6 Å². The Balaban J connectivity index is 0.000000640. The zero-order valence-corrected chi connectivity index (χ0v) is 6.28. The van der Waals surface area contributed by atoms with E-state index >= 15 is 0 Å². The molecule has 0 heterocycles. The molecule has 54 valence electrons. The van der Waals surface area contributed by atoms with Gasteiger partial charge in [-0.2, -0.15) is 0 Å². The van der Waals surface area contributed by atoms with Crippen LogP contribution in [0.3, 0.4) is 0 Å². The molecule has 0 aromatic heterocycles. The normalized spacial score (nSPS) is 24.7. The van der Waals surface area contributed by atoms with E-state index in [-0.39, 0.29) is 12.4 Å². The first kappa shape index (κ1) is 8.79. The maximum Gasteiger partial charge on any atom is 0.0931 e. The van der Waals surface area contributed by atoms with Crippen LogP contribution in [0.1, 0.15) is 12.8 Å². The van der Waals surface area contributed by atoms with Crippen molar-refractivity contribution >= 4 is 12.4 Å². The van der Waals surface area contributed by atoms with Crippen molar-refractivity contribution < 1.29 is 4.74 Å². The van der Waals surface area contributed by atoms with Crippen LogP contribution in [0, 0.1) is 0 Å². The molecule has 1 aliphatic carbocycles. The van der Waals surface area contributed by atoms with E-state index in [1.165, 1.54) is 0 Å². The van der Waals surface area contributed by atoms with Crippen LogP contribution in [0.15, 0.2) is 11.8 Å². The van der Waals surface area contributed by atoms with Crippen molar-refractivity contribution in [1.29, 1.82) is 0 Å². The maximum atomic E-state index is 5.57. The first-order valence-electron chi connectivity index (χ1n) is 2.81. The lowest BCUT2D eigenvalue weighted by molar-refractivity contribution is 0.280. The molecule has 0 aliphatic heterocycles. The van der Waals surface area contributed by atoms with Gasteiger partial charge in [-0.3, -0.25) is 0 Å². The molecule has 0 bridgehead atoms. The quantitative estimate of drug-likeness (QED) is 0.605. The minimum absolute atomic E-state index is 0. The summed E-state index contributed by atoms with van der Waals surface area (Å²) in [6.07, 6.45) is 3.93. The van der Waals surface area contributed by atoms with Gasteiger partial charge >= 0.3 is 0 Å². The van der Waals surface area contributed by atoms with Crippen LogP contribution < -0.4 is 5.73 Å². The molecule has 0 amide bonds. The van der Waals surface area contributed by atoms with Crippen molar-refractivity contribution in [2.75, 3.05) is 7.11 Å². The monoisotopic (exact) mass is 149 g/mol. The highest BCUT2D eigenvalue weighted by atomic mass is 35.5.